The van der Waals surface area contributed by atoms with Crippen LogP contribution in [0, 0.1) is 23.0 Å². The van der Waals surface area contributed by atoms with E-state index in [1.807, 2.05) is 0 Å². The lowest BCUT2D eigenvalue weighted by molar-refractivity contribution is -0.112. The molecule has 3 aromatic rings. The summed E-state index contributed by atoms with van der Waals surface area (Å²) in [6.07, 6.45) is 1.13. The van der Waals surface area contributed by atoms with Crippen molar-refractivity contribution < 1.29 is 23.8 Å². The van der Waals surface area contributed by atoms with E-state index >= 15 is 0 Å². The molecular weight excluding hydrogens is 388 g/mol. The second-order valence-electron chi connectivity index (χ2n) is 5.54. The first-order valence-corrected chi connectivity index (χ1v) is 8.61. The molecule has 0 saturated carbocycles. The van der Waals surface area contributed by atoms with Crippen LogP contribution < -0.4 is 5.32 Å². The fraction of sp³-hybridized carbons (Fsp3) is 0. The highest BCUT2D eigenvalue weighted by Crippen LogP contribution is 2.32. The lowest BCUT2D eigenvalue weighted by Crippen LogP contribution is -2.13. The molecule has 6 nitrogen and oxygen atoms in total. The number of aromatic nitrogens is 1. The maximum atomic E-state index is 13.3. The number of thiazole rings is 1. The molecule has 0 aliphatic heterocycles. The number of amides is 1. The molecule has 1 heterocycles. The number of hydrogen-bond acceptors (Lipinski definition) is 6. The zero-order valence-electron chi connectivity index (χ0n) is 14.0. The van der Waals surface area contributed by atoms with E-state index in [4.69, 9.17) is 0 Å². The maximum Gasteiger partial charge on any atom is 0.268 e. The summed E-state index contributed by atoms with van der Waals surface area (Å²) in [6.45, 7) is 0. The Labute approximate surface area is 161 Å². The third-order valence-electron chi connectivity index (χ3n) is 3.62. The van der Waals surface area contributed by atoms with Crippen LogP contribution in [0.2, 0.25) is 0 Å². The van der Waals surface area contributed by atoms with Crippen molar-refractivity contribution in [1.29, 1.82) is 5.26 Å². The molecule has 0 aliphatic rings. The molecule has 28 heavy (non-hydrogen) atoms. The van der Waals surface area contributed by atoms with E-state index < -0.39 is 17.5 Å². The third-order valence-corrected chi connectivity index (χ3v) is 4.37. The van der Waals surface area contributed by atoms with Crippen molar-refractivity contribution in [1.82, 2.24) is 4.98 Å². The number of rotatable bonds is 4. The number of nitrogens with zero attached hydrogens (tertiary/aromatic N) is 2. The fourth-order valence-electron chi connectivity index (χ4n) is 2.23. The number of carbonyl (C=O) groups is 1. The Morgan fingerprint density at radius 1 is 1.14 bits per heavy atom. The minimum absolute atomic E-state index is 0.157. The molecule has 0 aliphatic carbocycles. The van der Waals surface area contributed by atoms with Crippen molar-refractivity contribution in [3.63, 3.8) is 0 Å². The van der Waals surface area contributed by atoms with E-state index in [9.17, 15) is 29.1 Å². The Morgan fingerprint density at radius 2 is 1.93 bits per heavy atom. The summed E-state index contributed by atoms with van der Waals surface area (Å²) in [5.41, 5.74) is 0.804. The number of hydrogen-bond donors (Lipinski definition) is 3. The molecule has 0 saturated heterocycles. The minimum atomic E-state index is -1.09. The van der Waals surface area contributed by atoms with Crippen molar-refractivity contribution in [3.8, 4) is 28.8 Å². The quantitative estimate of drug-likeness (QED) is 0.349. The van der Waals surface area contributed by atoms with Gasteiger partial charge in [0.15, 0.2) is 28.3 Å². The molecule has 0 atom stereocenters. The molecule has 1 amide bonds. The lowest BCUT2D eigenvalue weighted by atomic mass is 10.1. The van der Waals surface area contributed by atoms with Crippen LogP contribution in [-0.4, -0.2) is 21.1 Å². The van der Waals surface area contributed by atoms with Crippen LogP contribution in [0.4, 0.5) is 13.9 Å². The highest BCUT2D eigenvalue weighted by Gasteiger charge is 2.14. The molecule has 0 fully saturated rings. The molecule has 0 spiro atoms. The SMILES string of the molecule is N#C/C(=C\c1ccc(F)c(F)c1)C(=O)Nc1nc(-c2ccc(O)c(O)c2)cs1. The van der Waals surface area contributed by atoms with Crippen molar-refractivity contribution in [2.45, 2.75) is 0 Å². The van der Waals surface area contributed by atoms with Crippen molar-refractivity contribution in [3.05, 3.63) is 64.5 Å². The van der Waals surface area contributed by atoms with Crippen LogP contribution in [0.1, 0.15) is 5.56 Å². The Bertz CT molecular complexity index is 1140. The van der Waals surface area contributed by atoms with Gasteiger partial charge in [-0.2, -0.15) is 5.26 Å². The topological polar surface area (TPSA) is 106 Å². The van der Waals surface area contributed by atoms with Gasteiger partial charge in [0.2, 0.25) is 0 Å². The van der Waals surface area contributed by atoms with Crippen LogP contribution in [0.25, 0.3) is 17.3 Å². The third kappa shape index (κ3) is 4.13. The van der Waals surface area contributed by atoms with E-state index in [2.05, 4.69) is 10.3 Å². The summed E-state index contributed by atoms with van der Waals surface area (Å²) < 4.78 is 26.2. The molecule has 140 valence electrons. The fourth-order valence-corrected chi connectivity index (χ4v) is 2.94. The summed E-state index contributed by atoms with van der Waals surface area (Å²) >= 11 is 1.09. The Morgan fingerprint density at radius 3 is 2.61 bits per heavy atom. The molecular formula is C19H11F2N3O3S. The summed E-state index contributed by atoms with van der Waals surface area (Å²) in [4.78, 5) is 16.5. The smallest absolute Gasteiger partial charge is 0.268 e. The summed E-state index contributed by atoms with van der Waals surface area (Å²) in [7, 11) is 0. The maximum absolute atomic E-state index is 13.3. The Kier molecular flexibility index (Phi) is 5.33. The van der Waals surface area contributed by atoms with Crippen LogP contribution in [0.15, 0.2) is 47.4 Å². The van der Waals surface area contributed by atoms with Gasteiger partial charge in [-0.1, -0.05) is 6.07 Å². The number of nitrogens with one attached hydrogen (secondary N) is 1. The van der Waals surface area contributed by atoms with Crippen molar-refractivity contribution >= 4 is 28.5 Å². The molecule has 0 radical (unpaired) electrons. The highest BCUT2D eigenvalue weighted by molar-refractivity contribution is 7.14. The summed E-state index contributed by atoms with van der Waals surface area (Å²) in [5, 5.41) is 32.4. The predicted octanol–water partition coefficient (Wildman–Crippen LogP) is 4.05. The van der Waals surface area contributed by atoms with Crippen LogP contribution in [-0.2, 0) is 4.79 Å². The van der Waals surface area contributed by atoms with Crippen molar-refractivity contribution in [2.75, 3.05) is 5.32 Å². The van der Waals surface area contributed by atoms with Gasteiger partial charge in [0, 0.05) is 10.9 Å². The van der Waals surface area contributed by atoms with Gasteiger partial charge in [0.1, 0.15) is 11.6 Å². The van der Waals surface area contributed by atoms with Gasteiger partial charge in [0.25, 0.3) is 5.91 Å². The number of nitriles is 1. The Hall–Kier alpha value is -3.77. The van der Waals surface area contributed by atoms with Crippen LogP contribution in [0.5, 0.6) is 11.5 Å². The van der Waals surface area contributed by atoms with Gasteiger partial charge in [-0.3, -0.25) is 10.1 Å². The van der Waals surface area contributed by atoms with E-state index in [0.717, 1.165) is 29.5 Å². The zero-order valence-corrected chi connectivity index (χ0v) is 14.8. The molecule has 3 N–H and O–H groups in total. The first-order chi connectivity index (χ1) is 13.4. The van der Waals surface area contributed by atoms with Gasteiger partial charge in [-0.05, 0) is 42.0 Å². The number of aromatic hydroxyl groups is 2. The molecule has 0 unspecified atom stereocenters. The second-order valence-corrected chi connectivity index (χ2v) is 6.40. The van der Waals surface area contributed by atoms with Crippen molar-refractivity contribution in [2.24, 2.45) is 0 Å². The van der Waals surface area contributed by atoms with E-state index in [1.54, 1.807) is 17.5 Å². The van der Waals surface area contributed by atoms with E-state index in [0.29, 0.717) is 11.3 Å². The monoisotopic (exact) mass is 399 g/mol. The van der Waals surface area contributed by atoms with Crippen LogP contribution in [0.3, 0.4) is 0 Å². The largest absolute Gasteiger partial charge is 0.504 e. The number of benzene rings is 2. The normalized spacial score (nSPS) is 11.1. The number of phenols is 2. The minimum Gasteiger partial charge on any atom is -0.504 e. The summed E-state index contributed by atoms with van der Waals surface area (Å²) in [5.74, 6) is -3.46. The Balaban J connectivity index is 1.79. The molecule has 2 aromatic carbocycles. The number of halogens is 2. The zero-order chi connectivity index (χ0) is 20.3. The summed E-state index contributed by atoms with van der Waals surface area (Å²) in [6, 6.07) is 8.88. The first kappa shape index (κ1) is 19.0. The highest BCUT2D eigenvalue weighted by atomic mass is 32.1. The molecule has 3 rings (SSSR count). The average Bonchev–Trinajstić information content (AvgIpc) is 3.13. The predicted molar refractivity (Wildman–Crippen MR) is 99.5 cm³/mol. The average molecular weight is 399 g/mol. The van der Waals surface area contributed by atoms with Gasteiger partial charge < -0.3 is 10.2 Å². The van der Waals surface area contributed by atoms with Gasteiger partial charge in [0.05, 0.1) is 5.69 Å². The van der Waals surface area contributed by atoms with Gasteiger partial charge in [-0.25, -0.2) is 13.8 Å². The van der Waals surface area contributed by atoms with Gasteiger partial charge >= 0.3 is 0 Å². The van der Waals surface area contributed by atoms with Gasteiger partial charge in [-0.15, -0.1) is 11.3 Å². The lowest BCUT2D eigenvalue weighted by Gasteiger charge is -2.02. The molecule has 9 heteroatoms. The number of phenolic OH excluding ortho intramolecular Hbond substituents is 2. The standard InChI is InChI=1S/C19H11F2N3O3S/c20-13-3-1-10(6-14(13)21)5-12(8-22)18(27)24-19-23-15(9-28-19)11-2-4-16(25)17(26)7-11/h1-7,9,25-26H,(H,23,24,27)/b12-5+. The second kappa shape index (κ2) is 7.85. The van der Waals surface area contributed by atoms with Crippen LogP contribution >= 0.6 is 11.3 Å². The molecule has 0 bridgehead atoms. The number of anilines is 1. The first-order valence-electron chi connectivity index (χ1n) is 7.73. The number of carbonyl (C=O) groups excluding carboxylic acids is 1. The van der Waals surface area contributed by atoms with E-state index in [-0.39, 0.29) is 27.8 Å². The van der Waals surface area contributed by atoms with E-state index in [1.165, 1.54) is 18.2 Å². The molecule has 1 aromatic heterocycles.